The van der Waals surface area contributed by atoms with E-state index in [0.29, 0.717) is 6.07 Å². The molecule has 1 aliphatic rings. The van der Waals surface area contributed by atoms with Gasteiger partial charge in [0.2, 0.25) is 0 Å². The maximum Gasteiger partial charge on any atom is 0.497 e. The largest absolute Gasteiger partial charge is 0.497 e. The van der Waals surface area contributed by atoms with E-state index in [1.54, 1.807) is 0 Å². The van der Waals surface area contributed by atoms with Crippen LogP contribution in [0.4, 0.5) is 8.78 Å². The van der Waals surface area contributed by atoms with Gasteiger partial charge in [-0.1, -0.05) is 0 Å². The van der Waals surface area contributed by atoms with E-state index in [0.717, 1.165) is 6.07 Å². The lowest BCUT2D eigenvalue weighted by atomic mass is 9.77. The van der Waals surface area contributed by atoms with Gasteiger partial charge in [-0.15, -0.1) is 0 Å². The first-order valence-electron chi connectivity index (χ1n) is 6.66. The fourth-order valence-corrected chi connectivity index (χ4v) is 2.03. The lowest BCUT2D eigenvalue weighted by Crippen LogP contribution is -2.41. The van der Waals surface area contributed by atoms with Gasteiger partial charge in [0.1, 0.15) is 11.6 Å². The first-order chi connectivity index (χ1) is 9.59. The lowest BCUT2D eigenvalue weighted by Gasteiger charge is -2.32. The van der Waals surface area contributed by atoms with Crippen LogP contribution in [0.3, 0.4) is 0 Å². The Morgan fingerprint density at radius 1 is 1.10 bits per heavy atom. The number of amides is 1. The molecule has 0 bridgehead atoms. The minimum Gasteiger partial charge on any atom is -0.399 e. The third kappa shape index (κ3) is 2.67. The van der Waals surface area contributed by atoms with Gasteiger partial charge in [-0.2, -0.15) is 0 Å². The molecular weight excluding hydrogens is 279 g/mol. The summed E-state index contributed by atoms with van der Waals surface area (Å²) in [5.74, 6) is -2.36. The van der Waals surface area contributed by atoms with Crippen molar-refractivity contribution in [3.8, 4) is 0 Å². The molecule has 1 aliphatic heterocycles. The van der Waals surface area contributed by atoms with Crippen LogP contribution in [0.1, 0.15) is 38.1 Å². The van der Waals surface area contributed by atoms with Crippen LogP contribution in [0.25, 0.3) is 0 Å². The molecule has 1 aromatic rings. The third-order valence-electron chi connectivity index (χ3n) is 4.07. The van der Waals surface area contributed by atoms with E-state index in [2.05, 4.69) is 5.32 Å². The molecule has 4 nitrogen and oxygen atoms in total. The second-order valence-corrected chi connectivity index (χ2v) is 6.02. The Bertz CT molecular complexity index is 574. The van der Waals surface area contributed by atoms with Gasteiger partial charge in [-0.3, -0.25) is 4.79 Å². The molecule has 21 heavy (non-hydrogen) atoms. The summed E-state index contributed by atoms with van der Waals surface area (Å²) in [6.07, 6.45) is 0. The predicted octanol–water partition coefficient (Wildman–Crippen LogP) is 1.62. The van der Waals surface area contributed by atoms with E-state index >= 15 is 0 Å². The molecule has 0 aliphatic carbocycles. The number of carbonyl (C=O) groups excluding carboxylic acids is 1. The maximum atomic E-state index is 14.0. The summed E-state index contributed by atoms with van der Waals surface area (Å²) in [4.78, 5) is 11.6. The standard InChI is InChI=1S/C14H18BF2NO3/c1-13(2)14(3,4)21-15(20-13)9-6-8(12(19)18-5)10(16)7-11(9)17/h6-7H,1-5H3,(H,18,19). The van der Waals surface area contributed by atoms with Crippen molar-refractivity contribution in [3.63, 3.8) is 0 Å². The zero-order valence-electron chi connectivity index (χ0n) is 12.7. The number of nitrogens with one attached hydrogen (secondary N) is 1. The fraction of sp³-hybridized carbons (Fsp3) is 0.500. The molecule has 1 saturated heterocycles. The fourth-order valence-electron chi connectivity index (χ4n) is 2.03. The van der Waals surface area contributed by atoms with Gasteiger partial charge < -0.3 is 14.6 Å². The molecule has 0 radical (unpaired) electrons. The SMILES string of the molecule is CNC(=O)c1cc(B2OC(C)(C)C(C)(C)O2)c(F)cc1F. The monoisotopic (exact) mass is 297 g/mol. The second kappa shape index (κ2) is 5.07. The van der Waals surface area contributed by atoms with Crippen LogP contribution in [-0.2, 0) is 9.31 Å². The third-order valence-corrected chi connectivity index (χ3v) is 4.07. The molecule has 1 fully saturated rings. The van der Waals surface area contributed by atoms with Crippen LogP contribution in [-0.4, -0.2) is 31.3 Å². The molecule has 7 heteroatoms. The van der Waals surface area contributed by atoms with E-state index in [-0.39, 0.29) is 11.0 Å². The van der Waals surface area contributed by atoms with E-state index < -0.39 is 35.9 Å². The number of benzene rings is 1. The first kappa shape index (κ1) is 15.9. The summed E-state index contributed by atoms with van der Waals surface area (Å²) in [6, 6.07) is 1.80. The Kier molecular flexibility index (Phi) is 3.84. The summed E-state index contributed by atoms with van der Waals surface area (Å²) in [6.45, 7) is 7.31. The molecular formula is C14H18BF2NO3. The normalized spacial score (nSPS) is 19.7. The molecule has 1 heterocycles. The summed E-state index contributed by atoms with van der Waals surface area (Å²) in [5, 5.41) is 2.31. The Labute approximate surface area is 123 Å². The van der Waals surface area contributed by atoms with Gasteiger partial charge >= 0.3 is 7.12 Å². The van der Waals surface area contributed by atoms with Gasteiger partial charge in [-0.05, 0) is 33.8 Å². The molecule has 1 amide bonds. The average Bonchev–Trinajstić information content (AvgIpc) is 2.57. The van der Waals surface area contributed by atoms with Crippen molar-refractivity contribution in [2.24, 2.45) is 0 Å². The maximum absolute atomic E-state index is 14.0. The Morgan fingerprint density at radius 2 is 1.62 bits per heavy atom. The Balaban J connectivity index is 2.44. The zero-order valence-corrected chi connectivity index (χ0v) is 12.7. The van der Waals surface area contributed by atoms with Crippen LogP contribution in [0.5, 0.6) is 0 Å². The van der Waals surface area contributed by atoms with Crippen LogP contribution < -0.4 is 10.8 Å². The van der Waals surface area contributed by atoms with Crippen molar-refractivity contribution < 1.29 is 22.9 Å². The molecule has 0 unspecified atom stereocenters. The smallest absolute Gasteiger partial charge is 0.399 e. The molecule has 1 aromatic carbocycles. The zero-order chi connectivity index (χ0) is 16.0. The highest BCUT2D eigenvalue weighted by Gasteiger charge is 2.52. The van der Waals surface area contributed by atoms with E-state index in [1.807, 2.05) is 27.7 Å². The van der Waals surface area contributed by atoms with Crippen LogP contribution in [0, 0.1) is 11.6 Å². The highest BCUT2D eigenvalue weighted by atomic mass is 19.1. The lowest BCUT2D eigenvalue weighted by molar-refractivity contribution is 0.00578. The van der Waals surface area contributed by atoms with Crippen molar-refractivity contribution >= 4 is 18.5 Å². The van der Waals surface area contributed by atoms with Gasteiger partial charge in [0.05, 0.1) is 16.8 Å². The van der Waals surface area contributed by atoms with Gasteiger partial charge in [0.15, 0.2) is 0 Å². The highest BCUT2D eigenvalue weighted by molar-refractivity contribution is 6.62. The van der Waals surface area contributed by atoms with E-state index in [4.69, 9.17) is 9.31 Å². The van der Waals surface area contributed by atoms with Gasteiger partial charge in [0.25, 0.3) is 5.91 Å². The topological polar surface area (TPSA) is 47.6 Å². The minimum absolute atomic E-state index is 0.00801. The summed E-state index contributed by atoms with van der Waals surface area (Å²) in [5.41, 5.74) is -1.53. The number of hydrogen-bond acceptors (Lipinski definition) is 3. The van der Waals surface area contributed by atoms with Crippen molar-refractivity contribution in [1.82, 2.24) is 5.32 Å². The minimum atomic E-state index is -0.987. The first-order valence-corrected chi connectivity index (χ1v) is 6.66. The highest BCUT2D eigenvalue weighted by Crippen LogP contribution is 2.36. The van der Waals surface area contributed by atoms with E-state index in [9.17, 15) is 13.6 Å². The van der Waals surface area contributed by atoms with Crippen molar-refractivity contribution in [2.75, 3.05) is 7.05 Å². The van der Waals surface area contributed by atoms with Crippen molar-refractivity contribution in [2.45, 2.75) is 38.9 Å². The molecule has 2 rings (SSSR count). The predicted molar refractivity (Wildman–Crippen MR) is 75.5 cm³/mol. The average molecular weight is 297 g/mol. The number of hydrogen-bond donors (Lipinski definition) is 1. The Morgan fingerprint density at radius 3 is 2.10 bits per heavy atom. The number of carbonyl (C=O) groups is 1. The Hall–Kier alpha value is -1.47. The molecule has 0 atom stereocenters. The van der Waals surface area contributed by atoms with Crippen molar-refractivity contribution in [3.05, 3.63) is 29.3 Å². The molecule has 0 saturated carbocycles. The quantitative estimate of drug-likeness (QED) is 0.844. The van der Waals surface area contributed by atoms with E-state index in [1.165, 1.54) is 7.05 Å². The van der Waals surface area contributed by atoms with Crippen LogP contribution >= 0.6 is 0 Å². The second-order valence-electron chi connectivity index (χ2n) is 6.02. The molecule has 0 aromatic heterocycles. The molecule has 1 N–H and O–H groups in total. The molecule has 0 spiro atoms. The van der Waals surface area contributed by atoms with Crippen LogP contribution in [0.2, 0.25) is 0 Å². The van der Waals surface area contributed by atoms with Gasteiger partial charge in [-0.25, -0.2) is 8.78 Å². The number of rotatable bonds is 2. The summed E-state index contributed by atoms with van der Waals surface area (Å²) >= 11 is 0. The number of halogens is 2. The van der Waals surface area contributed by atoms with Crippen LogP contribution in [0.15, 0.2) is 12.1 Å². The van der Waals surface area contributed by atoms with Gasteiger partial charge in [0, 0.05) is 18.6 Å². The summed E-state index contributed by atoms with van der Waals surface area (Å²) in [7, 11) is 0.388. The summed E-state index contributed by atoms with van der Waals surface area (Å²) < 4.78 is 39.1. The molecule has 114 valence electrons. The van der Waals surface area contributed by atoms with Crippen molar-refractivity contribution in [1.29, 1.82) is 0 Å².